The van der Waals surface area contributed by atoms with E-state index in [1.807, 2.05) is 23.0 Å². The van der Waals surface area contributed by atoms with E-state index in [0.717, 1.165) is 6.54 Å². The fraction of sp³-hybridized carbons (Fsp3) is 0.300. The fourth-order valence-corrected chi connectivity index (χ4v) is 4.70. The quantitative estimate of drug-likeness (QED) is 0.572. The minimum absolute atomic E-state index is 0.0993. The van der Waals surface area contributed by atoms with Crippen LogP contribution in [0.25, 0.3) is 21.7 Å². The molecule has 5 heterocycles. The van der Waals surface area contributed by atoms with Crippen molar-refractivity contribution < 1.29 is 4.79 Å². The first-order valence-electron chi connectivity index (χ1n) is 9.72. The largest absolute Gasteiger partial charge is 0.335 e. The molecule has 1 atom stereocenters. The maximum atomic E-state index is 13.4. The molecule has 1 saturated heterocycles. The van der Waals surface area contributed by atoms with Gasteiger partial charge in [-0.3, -0.25) is 14.6 Å². The van der Waals surface area contributed by atoms with E-state index in [2.05, 4.69) is 31.9 Å². The number of thiophene rings is 1. The van der Waals surface area contributed by atoms with Crippen molar-refractivity contribution in [1.29, 1.82) is 0 Å². The summed E-state index contributed by atoms with van der Waals surface area (Å²) in [5.74, 6) is 0.265. The number of rotatable bonds is 3. The molecule has 0 aliphatic carbocycles. The van der Waals surface area contributed by atoms with Crippen molar-refractivity contribution in [3.8, 4) is 11.5 Å². The number of pyridine rings is 1. The number of hydrogen-bond acceptors (Lipinski definition) is 8. The van der Waals surface area contributed by atoms with Crippen molar-refractivity contribution in [3.05, 3.63) is 57.5 Å². The fourth-order valence-electron chi connectivity index (χ4n) is 3.83. The summed E-state index contributed by atoms with van der Waals surface area (Å²) in [7, 11) is 1.96. The molecule has 3 aromatic rings. The van der Waals surface area contributed by atoms with Crippen LogP contribution in [-0.4, -0.2) is 70.0 Å². The predicted molar refractivity (Wildman–Crippen MR) is 115 cm³/mol. The van der Waals surface area contributed by atoms with E-state index in [0.29, 0.717) is 46.9 Å². The minimum atomic E-state index is -0.256. The highest BCUT2D eigenvalue weighted by Crippen LogP contribution is 2.25. The number of hydrazine groups is 1. The molecule has 30 heavy (non-hydrogen) atoms. The first-order chi connectivity index (χ1) is 14.6. The Hall–Kier alpha value is -3.08. The van der Waals surface area contributed by atoms with Gasteiger partial charge in [-0.25, -0.2) is 10.4 Å². The molecule has 0 bridgehead atoms. The molecule has 10 heteroatoms. The maximum absolute atomic E-state index is 13.4. The number of aromatic nitrogens is 3. The maximum Gasteiger partial charge on any atom is 0.269 e. The van der Waals surface area contributed by atoms with Gasteiger partial charge in [-0.2, -0.15) is 0 Å². The minimum Gasteiger partial charge on any atom is -0.335 e. The molecule has 1 amide bonds. The topological polar surface area (TPSA) is 106 Å². The van der Waals surface area contributed by atoms with Gasteiger partial charge < -0.3 is 20.2 Å². The average molecular weight is 424 g/mol. The zero-order valence-electron chi connectivity index (χ0n) is 16.4. The van der Waals surface area contributed by atoms with Crippen LogP contribution in [0.1, 0.15) is 10.4 Å². The average Bonchev–Trinajstić information content (AvgIpc) is 3.40. The molecule has 0 spiro atoms. The molecule has 2 aliphatic heterocycles. The van der Waals surface area contributed by atoms with E-state index >= 15 is 0 Å². The highest BCUT2D eigenvalue weighted by atomic mass is 32.1. The molecular formula is C20H21N7O2S. The lowest BCUT2D eigenvalue weighted by Gasteiger charge is -2.34. The van der Waals surface area contributed by atoms with Crippen molar-refractivity contribution in [2.24, 2.45) is 0 Å². The second kappa shape index (κ2) is 7.63. The molecule has 3 N–H and O–H groups in total. The zero-order valence-corrected chi connectivity index (χ0v) is 17.2. The Morgan fingerprint density at radius 1 is 1.33 bits per heavy atom. The number of piperazine rings is 1. The van der Waals surface area contributed by atoms with E-state index in [1.54, 1.807) is 23.7 Å². The number of hydrogen-bond donors (Lipinski definition) is 3. The smallest absolute Gasteiger partial charge is 0.269 e. The molecule has 3 aromatic heterocycles. The Labute approximate surface area is 176 Å². The van der Waals surface area contributed by atoms with Crippen molar-refractivity contribution in [2.45, 2.75) is 6.04 Å². The molecule has 1 unspecified atom stereocenters. The van der Waals surface area contributed by atoms with Crippen LogP contribution in [0.15, 0.2) is 46.3 Å². The van der Waals surface area contributed by atoms with Gasteiger partial charge in [-0.1, -0.05) is 6.07 Å². The van der Waals surface area contributed by atoms with Crippen molar-refractivity contribution in [2.75, 3.05) is 33.2 Å². The molecular weight excluding hydrogens is 402 g/mol. The molecule has 9 nitrogen and oxygen atoms in total. The molecule has 1 fully saturated rings. The summed E-state index contributed by atoms with van der Waals surface area (Å²) in [6.45, 7) is 2.67. The number of aromatic amines is 1. The van der Waals surface area contributed by atoms with E-state index in [1.165, 1.54) is 16.9 Å². The van der Waals surface area contributed by atoms with Gasteiger partial charge in [0.2, 0.25) is 0 Å². The summed E-state index contributed by atoms with van der Waals surface area (Å²) in [6.07, 6.45) is 3.70. The Morgan fingerprint density at radius 2 is 2.23 bits per heavy atom. The third-order valence-corrected chi connectivity index (χ3v) is 6.33. The first-order valence-corrected chi connectivity index (χ1v) is 10.6. The number of nitrogens with one attached hydrogen (secondary N) is 3. The van der Waals surface area contributed by atoms with Crippen molar-refractivity contribution in [1.82, 2.24) is 35.6 Å². The first kappa shape index (κ1) is 18.9. The molecule has 0 radical (unpaired) electrons. The van der Waals surface area contributed by atoms with Crippen LogP contribution in [0.3, 0.4) is 0 Å². The number of amides is 1. The second-order valence-corrected chi connectivity index (χ2v) is 8.24. The number of carbonyl (C=O) groups excluding carboxylic acids is 1. The zero-order chi connectivity index (χ0) is 20.7. The Kier molecular flexibility index (Phi) is 4.81. The number of carbonyl (C=O) groups is 1. The van der Waals surface area contributed by atoms with Crippen LogP contribution in [-0.2, 0) is 0 Å². The summed E-state index contributed by atoms with van der Waals surface area (Å²) < 4.78 is 0.453. The SMILES string of the molecule is CN1C=C(C2CN(C(=O)c3csc4c(=O)[nH]c(-c5ccccn5)nc34)CCN2)CN1. The number of nitrogens with zero attached hydrogens (tertiary/aromatic N) is 4. The van der Waals surface area contributed by atoms with Gasteiger partial charge in [0.15, 0.2) is 5.82 Å². The molecule has 154 valence electrons. The second-order valence-electron chi connectivity index (χ2n) is 7.36. The summed E-state index contributed by atoms with van der Waals surface area (Å²) >= 11 is 1.25. The Bertz CT molecular complexity index is 1190. The van der Waals surface area contributed by atoms with Crippen LogP contribution >= 0.6 is 11.3 Å². The molecule has 0 saturated carbocycles. The van der Waals surface area contributed by atoms with Crippen LogP contribution in [0.4, 0.5) is 0 Å². The van der Waals surface area contributed by atoms with Gasteiger partial charge in [0.1, 0.15) is 15.9 Å². The van der Waals surface area contributed by atoms with Crippen LogP contribution < -0.4 is 16.3 Å². The van der Waals surface area contributed by atoms with Crippen molar-refractivity contribution >= 4 is 27.5 Å². The monoisotopic (exact) mass is 423 g/mol. The highest BCUT2D eigenvalue weighted by Gasteiger charge is 2.29. The third-order valence-electron chi connectivity index (χ3n) is 5.37. The van der Waals surface area contributed by atoms with E-state index in [9.17, 15) is 9.59 Å². The van der Waals surface area contributed by atoms with Gasteiger partial charge in [0, 0.05) is 57.0 Å². The standard InChI is InChI=1S/C20H21N7O2S/c1-26-9-12(8-23-26)15-10-27(7-6-22-15)20(29)13-11-30-17-16(13)24-18(25-19(17)28)14-4-2-3-5-21-14/h2-5,9,11,15,22-23H,6-8,10H2,1H3,(H,24,25,28). The Balaban J connectivity index is 1.47. The van der Waals surface area contributed by atoms with E-state index in [-0.39, 0.29) is 17.5 Å². The molecule has 0 aromatic carbocycles. The highest BCUT2D eigenvalue weighted by molar-refractivity contribution is 7.17. The van der Waals surface area contributed by atoms with Gasteiger partial charge in [0.05, 0.1) is 5.56 Å². The Morgan fingerprint density at radius 3 is 3.00 bits per heavy atom. The van der Waals surface area contributed by atoms with Gasteiger partial charge in [-0.05, 0) is 17.7 Å². The van der Waals surface area contributed by atoms with Gasteiger partial charge >= 0.3 is 0 Å². The van der Waals surface area contributed by atoms with Crippen LogP contribution in [0, 0.1) is 0 Å². The third kappa shape index (κ3) is 3.38. The van der Waals surface area contributed by atoms with Gasteiger partial charge in [0.25, 0.3) is 11.5 Å². The summed E-state index contributed by atoms with van der Waals surface area (Å²) in [5.41, 5.74) is 5.67. The lowest BCUT2D eigenvalue weighted by molar-refractivity contribution is 0.0716. The summed E-state index contributed by atoms with van der Waals surface area (Å²) in [5, 5.41) is 7.15. The number of fused-ring (bicyclic) bond motifs is 1. The van der Waals surface area contributed by atoms with Crippen LogP contribution in [0.2, 0.25) is 0 Å². The van der Waals surface area contributed by atoms with Gasteiger partial charge in [-0.15, -0.1) is 11.3 Å². The normalized spacial score (nSPS) is 19.4. The van der Waals surface area contributed by atoms with E-state index in [4.69, 9.17) is 0 Å². The van der Waals surface area contributed by atoms with Crippen molar-refractivity contribution in [3.63, 3.8) is 0 Å². The summed E-state index contributed by atoms with van der Waals surface area (Å²) in [4.78, 5) is 39.4. The molecule has 5 rings (SSSR count). The predicted octanol–water partition coefficient (Wildman–Crippen LogP) is 0.794. The molecule has 2 aliphatic rings. The lowest BCUT2D eigenvalue weighted by atomic mass is 10.1. The number of H-pyrrole nitrogens is 1. The van der Waals surface area contributed by atoms with E-state index < -0.39 is 0 Å². The van der Waals surface area contributed by atoms with Crippen LogP contribution in [0.5, 0.6) is 0 Å². The summed E-state index contributed by atoms with van der Waals surface area (Å²) in [6, 6.07) is 5.51. The lowest BCUT2D eigenvalue weighted by Crippen LogP contribution is -2.53.